The molecule has 5 rings (SSSR count). The molecule has 166 valence electrons. The fourth-order valence-corrected chi connectivity index (χ4v) is 3.89. The predicted molar refractivity (Wildman–Crippen MR) is 123 cm³/mol. The summed E-state index contributed by atoms with van der Waals surface area (Å²) >= 11 is 0. The molecule has 12 nitrogen and oxygen atoms in total. The first-order valence-corrected chi connectivity index (χ1v) is 10.2. The summed E-state index contributed by atoms with van der Waals surface area (Å²) in [5, 5.41) is 23.9. The predicted octanol–water partition coefficient (Wildman–Crippen LogP) is 1.76. The Bertz CT molecular complexity index is 1520. The lowest BCUT2D eigenvalue weighted by atomic mass is 10.0. The first-order chi connectivity index (χ1) is 15.9. The van der Waals surface area contributed by atoms with Crippen LogP contribution in [0.3, 0.4) is 0 Å². The zero-order valence-electron chi connectivity index (χ0n) is 18.2. The number of aromatic amines is 1. The van der Waals surface area contributed by atoms with Gasteiger partial charge in [0.05, 0.1) is 30.4 Å². The van der Waals surface area contributed by atoms with E-state index in [4.69, 9.17) is 5.73 Å². The van der Waals surface area contributed by atoms with Crippen LogP contribution < -0.4 is 16.6 Å². The number of anilines is 2. The minimum atomic E-state index is -0.365. The number of aromatic nitrogens is 9. The summed E-state index contributed by atoms with van der Waals surface area (Å²) in [5.74, 6) is 1.50. The van der Waals surface area contributed by atoms with E-state index in [0.29, 0.717) is 34.1 Å². The Kier molecular flexibility index (Phi) is 4.81. The summed E-state index contributed by atoms with van der Waals surface area (Å²) in [6, 6.07) is 9.14. The van der Waals surface area contributed by atoms with Gasteiger partial charge in [-0.1, -0.05) is 18.2 Å². The number of rotatable bonds is 5. The highest BCUT2D eigenvalue weighted by Gasteiger charge is 2.22. The van der Waals surface area contributed by atoms with Crippen LogP contribution >= 0.6 is 0 Å². The van der Waals surface area contributed by atoms with Crippen LogP contribution in [-0.2, 0) is 7.05 Å². The van der Waals surface area contributed by atoms with Crippen molar-refractivity contribution >= 4 is 22.4 Å². The van der Waals surface area contributed by atoms with E-state index >= 15 is 0 Å². The number of hydrogen-bond donors (Lipinski definition) is 3. The Labute approximate surface area is 187 Å². The van der Waals surface area contributed by atoms with Crippen LogP contribution in [0.5, 0.6) is 0 Å². The molecule has 5 aromatic rings. The summed E-state index contributed by atoms with van der Waals surface area (Å²) < 4.78 is 1.62. The lowest BCUT2D eigenvalue weighted by Crippen LogP contribution is -2.26. The number of H-pyrrole nitrogens is 1. The van der Waals surface area contributed by atoms with Gasteiger partial charge in [0.25, 0.3) is 5.56 Å². The number of fused-ring (bicyclic) bond motifs is 1. The number of pyridine rings is 1. The molecular formula is C21H21N11O. The van der Waals surface area contributed by atoms with Crippen molar-refractivity contribution in [3.63, 3.8) is 0 Å². The van der Waals surface area contributed by atoms with Crippen molar-refractivity contribution in [2.24, 2.45) is 7.05 Å². The molecule has 4 aromatic heterocycles. The second-order valence-electron chi connectivity index (χ2n) is 7.64. The third-order valence-electron chi connectivity index (χ3n) is 5.42. The Morgan fingerprint density at radius 1 is 1.21 bits per heavy atom. The average Bonchev–Trinajstić information content (AvgIpc) is 3.45. The van der Waals surface area contributed by atoms with Crippen LogP contribution in [0.4, 0.5) is 11.6 Å². The number of nitrogen functional groups attached to an aromatic ring is 1. The first-order valence-electron chi connectivity index (χ1n) is 10.2. The summed E-state index contributed by atoms with van der Waals surface area (Å²) in [5.41, 5.74) is 8.02. The largest absolute Gasteiger partial charge is 0.383 e. The van der Waals surface area contributed by atoms with E-state index in [1.165, 1.54) is 11.1 Å². The van der Waals surface area contributed by atoms with Crippen LogP contribution in [0.15, 0.2) is 47.7 Å². The van der Waals surface area contributed by atoms with Crippen LogP contribution in [0, 0.1) is 6.92 Å². The number of nitrogens with zero attached hydrogens (tertiary/aromatic N) is 8. The van der Waals surface area contributed by atoms with Crippen molar-refractivity contribution in [2.45, 2.75) is 19.9 Å². The maximum absolute atomic E-state index is 13.6. The standard InChI is InChI=1S/C21H21N11O/c1-11-5-4-6-13-9-14(32(21(33)16(11)13)15-7-8-25-27-15)12(2)26-19-17(18(22)23-10-24-19)20-28-30-31(3)29-20/h4-10,12H,1-3H3,(H,25,27)(H3,22,23,24,26)/t12-/m0/s1. The van der Waals surface area contributed by atoms with Gasteiger partial charge in [-0.25, -0.2) is 9.97 Å². The highest BCUT2D eigenvalue weighted by molar-refractivity contribution is 5.86. The molecule has 4 N–H and O–H groups in total. The molecule has 33 heavy (non-hydrogen) atoms. The fraction of sp³-hybridized carbons (Fsp3) is 0.190. The van der Waals surface area contributed by atoms with Gasteiger partial charge >= 0.3 is 0 Å². The summed E-state index contributed by atoms with van der Waals surface area (Å²) in [6.07, 6.45) is 2.96. The lowest BCUT2D eigenvalue weighted by molar-refractivity contribution is 0.630. The van der Waals surface area contributed by atoms with Gasteiger partial charge in [-0.3, -0.25) is 14.5 Å². The van der Waals surface area contributed by atoms with Gasteiger partial charge in [-0.15, -0.1) is 10.2 Å². The fourth-order valence-electron chi connectivity index (χ4n) is 3.89. The van der Waals surface area contributed by atoms with E-state index < -0.39 is 0 Å². The van der Waals surface area contributed by atoms with Gasteiger partial charge in [-0.05, 0) is 36.1 Å². The van der Waals surface area contributed by atoms with E-state index in [2.05, 4.69) is 40.9 Å². The van der Waals surface area contributed by atoms with E-state index in [1.807, 2.05) is 38.1 Å². The van der Waals surface area contributed by atoms with Crippen molar-refractivity contribution in [2.75, 3.05) is 11.1 Å². The molecule has 0 saturated heterocycles. The van der Waals surface area contributed by atoms with Crippen molar-refractivity contribution in [3.05, 3.63) is 64.5 Å². The molecule has 0 aliphatic heterocycles. The second-order valence-corrected chi connectivity index (χ2v) is 7.64. The van der Waals surface area contributed by atoms with E-state index in [1.54, 1.807) is 23.9 Å². The topological polar surface area (TPSA) is 158 Å². The molecule has 0 fully saturated rings. The molecule has 4 heterocycles. The first kappa shape index (κ1) is 20.3. The molecule has 0 amide bonds. The van der Waals surface area contributed by atoms with Crippen molar-refractivity contribution in [1.29, 1.82) is 0 Å². The van der Waals surface area contributed by atoms with Gasteiger partial charge in [0.1, 0.15) is 29.3 Å². The van der Waals surface area contributed by atoms with Gasteiger partial charge in [-0.2, -0.15) is 9.90 Å². The van der Waals surface area contributed by atoms with Crippen molar-refractivity contribution in [3.8, 4) is 17.2 Å². The number of benzene rings is 1. The molecule has 0 radical (unpaired) electrons. The molecular weight excluding hydrogens is 422 g/mol. The molecule has 0 aliphatic rings. The SMILES string of the molecule is Cc1cccc2cc([C@H](C)Nc3ncnc(N)c3-c3nnn(C)n3)n(-c3ccn[nH]3)c(=O)c12. The Balaban J connectivity index is 1.66. The van der Waals surface area contributed by atoms with Gasteiger partial charge < -0.3 is 11.1 Å². The molecule has 0 saturated carbocycles. The molecule has 0 bridgehead atoms. The van der Waals surface area contributed by atoms with Crippen LogP contribution in [0.25, 0.3) is 28.0 Å². The van der Waals surface area contributed by atoms with Crippen molar-refractivity contribution in [1.82, 2.24) is 44.9 Å². The van der Waals surface area contributed by atoms with Crippen LogP contribution in [0.1, 0.15) is 24.2 Å². The molecule has 0 spiro atoms. The summed E-state index contributed by atoms with van der Waals surface area (Å²) in [4.78, 5) is 23.3. The molecule has 1 aromatic carbocycles. The monoisotopic (exact) mass is 443 g/mol. The van der Waals surface area contributed by atoms with Crippen LogP contribution in [-0.4, -0.2) is 44.9 Å². The van der Waals surface area contributed by atoms with E-state index in [9.17, 15) is 4.79 Å². The van der Waals surface area contributed by atoms with E-state index in [0.717, 1.165) is 10.9 Å². The van der Waals surface area contributed by atoms with Crippen LogP contribution in [0.2, 0.25) is 0 Å². The van der Waals surface area contributed by atoms with Gasteiger partial charge in [0.15, 0.2) is 0 Å². The normalized spacial score (nSPS) is 12.2. The average molecular weight is 443 g/mol. The smallest absolute Gasteiger partial charge is 0.264 e. The quantitative estimate of drug-likeness (QED) is 0.368. The highest BCUT2D eigenvalue weighted by atomic mass is 16.1. The van der Waals surface area contributed by atoms with Gasteiger partial charge in [0, 0.05) is 6.07 Å². The number of nitrogens with two attached hydrogens (primary N) is 1. The van der Waals surface area contributed by atoms with Crippen molar-refractivity contribution < 1.29 is 0 Å². The minimum Gasteiger partial charge on any atom is -0.383 e. The molecule has 0 unspecified atom stereocenters. The highest BCUT2D eigenvalue weighted by Crippen LogP contribution is 2.31. The number of hydrogen-bond acceptors (Lipinski definition) is 9. The number of nitrogens with one attached hydrogen (secondary N) is 2. The minimum absolute atomic E-state index is 0.142. The number of aryl methyl sites for hydroxylation is 2. The third kappa shape index (κ3) is 3.46. The molecule has 0 aliphatic carbocycles. The zero-order chi connectivity index (χ0) is 23.1. The molecule has 12 heteroatoms. The second kappa shape index (κ2) is 7.82. The molecule has 1 atom stereocenters. The van der Waals surface area contributed by atoms with E-state index in [-0.39, 0.29) is 17.4 Å². The third-order valence-corrected chi connectivity index (χ3v) is 5.42. The lowest BCUT2D eigenvalue weighted by Gasteiger charge is -2.21. The summed E-state index contributed by atoms with van der Waals surface area (Å²) in [7, 11) is 1.66. The Hall–Kier alpha value is -4.61. The number of tetrazole rings is 1. The summed E-state index contributed by atoms with van der Waals surface area (Å²) in [6.45, 7) is 3.85. The Morgan fingerprint density at radius 3 is 2.79 bits per heavy atom. The maximum Gasteiger partial charge on any atom is 0.264 e. The maximum atomic E-state index is 13.6. The Morgan fingerprint density at radius 2 is 2.06 bits per heavy atom. The zero-order valence-corrected chi connectivity index (χ0v) is 18.2. The van der Waals surface area contributed by atoms with Gasteiger partial charge in [0.2, 0.25) is 5.82 Å².